The lowest BCUT2D eigenvalue weighted by molar-refractivity contribution is 0.0916. The average Bonchev–Trinajstić information content (AvgIpc) is 3.66. The van der Waals surface area contributed by atoms with E-state index in [0.29, 0.717) is 17.1 Å². The van der Waals surface area contributed by atoms with E-state index in [1.54, 1.807) is 11.0 Å². The Hall–Kier alpha value is -4.76. The lowest BCUT2D eigenvalue weighted by Crippen LogP contribution is -2.33. The summed E-state index contributed by atoms with van der Waals surface area (Å²) in [4.78, 5) is 34.6. The fourth-order valence-corrected chi connectivity index (χ4v) is 5.86. The Morgan fingerprint density at radius 2 is 1.66 bits per heavy atom. The topological polar surface area (TPSA) is 117 Å². The number of hydrogen-bond acceptors (Lipinski definition) is 5. The smallest absolute Gasteiger partial charge is 0.324 e. The third-order valence-corrected chi connectivity index (χ3v) is 8.37. The lowest BCUT2D eigenvalue weighted by atomic mass is 9.76. The van der Waals surface area contributed by atoms with Crippen LogP contribution in [0, 0.1) is 12.8 Å². The molecular formula is C35H39N7O2. The summed E-state index contributed by atoms with van der Waals surface area (Å²) >= 11 is 0. The molecule has 0 saturated carbocycles. The van der Waals surface area contributed by atoms with Crippen LogP contribution in [0.4, 0.5) is 16.3 Å². The number of aromatic nitrogens is 4. The summed E-state index contributed by atoms with van der Waals surface area (Å²) in [5, 5.41) is 14.2. The molecule has 0 bridgehead atoms. The van der Waals surface area contributed by atoms with Gasteiger partial charge < -0.3 is 15.6 Å². The van der Waals surface area contributed by atoms with Crippen LogP contribution in [0.2, 0.25) is 0 Å². The Labute approximate surface area is 257 Å². The third kappa shape index (κ3) is 6.28. The van der Waals surface area contributed by atoms with Crippen molar-refractivity contribution in [3.8, 4) is 5.69 Å². The van der Waals surface area contributed by atoms with E-state index in [1.807, 2.05) is 79.7 Å². The number of imidazole rings is 1. The van der Waals surface area contributed by atoms with Gasteiger partial charge in [-0.1, -0.05) is 50.6 Å². The summed E-state index contributed by atoms with van der Waals surface area (Å²) in [6.07, 6.45) is 3.50. The Morgan fingerprint density at radius 3 is 2.36 bits per heavy atom. The number of nitrogens with one attached hydrogen (secondary N) is 4. The second-order valence-electron chi connectivity index (χ2n) is 12.7. The number of ketones is 1. The summed E-state index contributed by atoms with van der Waals surface area (Å²) in [6.45, 7) is 10.1. The van der Waals surface area contributed by atoms with E-state index in [4.69, 9.17) is 5.10 Å². The maximum Gasteiger partial charge on any atom is 0.324 e. The van der Waals surface area contributed by atoms with E-state index in [9.17, 15) is 9.59 Å². The minimum Gasteiger partial charge on any atom is -0.345 e. The van der Waals surface area contributed by atoms with Crippen molar-refractivity contribution in [2.24, 2.45) is 5.92 Å². The molecule has 3 aromatic carbocycles. The standard InChI is InChI=1S/C35H39N7O2/c1-22-5-12-27(13-6-22)42-31(20-30(41-42)35(2,3)4)40-34(44)39-26-10-7-23(8-11-26)32(24-15-17-36-18-16-24)33(43)25-9-14-28-29(19-25)38-21-37-28/h5-14,19-21,24,32,36H,15-18H2,1-4H3,(H,37,38)(H2,39,40,44). The Balaban J connectivity index is 1.21. The van der Waals surface area contributed by atoms with Crippen molar-refractivity contribution < 1.29 is 9.59 Å². The molecule has 9 nitrogen and oxygen atoms in total. The van der Waals surface area contributed by atoms with Gasteiger partial charge in [0.25, 0.3) is 0 Å². The molecular weight excluding hydrogens is 550 g/mol. The average molecular weight is 590 g/mol. The first-order valence-electron chi connectivity index (χ1n) is 15.2. The first-order valence-corrected chi connectivity index (χ1v) is 15.2. The second kappa shape index (κ2) is 12.1. The minimum atomic E-state index is -0.370. The number of H-pyrrole nitrogens is 1. The number of hydrogen-bond donors (Lipinski definition) is 4. The molecule has 5 aromatic rings. The third-order valence-electron chi connectivity index (χ3n) is 8.37. The summed E-state index contributed by atoms with van der Waals surface area (Å²) in [7, 11) is 0. The number of anilines is 2. The molecule has 1 aliphatic heterocycles. The number of fused-ring (bicyclic) bond motifs is 1. The lowest BCUT2D eigenvalue weighted by Gasteiger charge is -2.30. The predicted octanol–water partition coefficient (Wildman–Crippen LogP) is 6.96. The molecule has 1 aliphatic rings. The van der Waals surface area contributed by atoms with E-state index in [2.05, 4.69) is 46.7 Å². The van der Waals surface area contributed by atoms with Gasteiger partial charge in [-0.2, -0.15) is 5.10 Å². The number of rotatable bonds is 7. The van der Waals surface area contributed by atoms with Gasteiger partial charge in [-0.05, 0) is 86.8 Å². The Kier molecular flexibility index (Phi) is 8.05. The molecule has 2 amide bonds. The molecule has 0 spiro atoms. The normalized spacial score (nSPS) is 14.8. The van der Waals surface area contributed by atoms with Crippen LogP contribution in [-0.4, -0.2) is 44.7 Å². The summed E-state index contributed by atoms with van der Waals surface area (Å²) in [5.74, 6) is 0.631. The maximum absolute atomic E-state index is 14.0. The van der Waals surface area contributed by atoms with Gasteiger partial charge in [0.2, 0.25) is 0 Å². The summed E-state index contributed by atoms with van der Waals surface area (Å²) < 4.78 is 1.76. The molecule has 4 N–H and O–H groups in total. The van der Waals surface area contributed by atoms with Crippen LogP contribution in [0.3, 0.4) is 0 Å². The van der Waals surface area contributed by atoms with Crippen molar-refractivity contribution in [2.75, 3.05) is 23.7 Å². The zero-order chi connectivity index (χ0) is 30.8. The number of nitrogens with zero attached hydrogens (tertiary/aromatic N) is 3. The van der Waals surface area contributed by atoms with Gasteiger partial charge in [0.1, 0.15) is 5.82 Å². The van der Waals surface area contributed by atoms with Crippen molar-refractivity contribution in [3.63, 3.8) is 0 Å². The van der Waals surface area contributed by atoms with E-state index in [0.717, 1.165) is 59.5 Å². The van der Waals surface area contributed by atoms with Crippen molar-refractivity contribution in [3.05, 3.63) is 102 Å². The highest BCUT2D eigenvalue weighted by molar-refractivity contribution is 6.03. The number of benzene rings is 3. The van der Waals surface area contributed by atoms with Gasteiger partial charge in [0, 0.05) is 22.7 Å². The number of amides is 2. The molecule has 3 heterocycles. The monoisotopic (exact) mass is 589 g/mol. The number of Topliss-reactive ketones (excluding diaryl/α,β-unsaturated/α-hetero) is 1. The van der Waals surface area contributed by atoms with Crippen molar-refractivity contribution in [2.45, 2.75) is 51.9 Å². The molecule has 0 aliphatic carbocycles. The second-order valence-corrected chi connectivity index (χ2v) is 12.7. The van der Waals surface area contributed by atoms with Crippen LogP contribution >= 0.6 is 0 Å². The van der Waals surface area contributed by atoms with Crippen LogP contribution < -0.4 is 16.0 Å². The van der Waals surface area contributed by atoms with Crippen LogP contribution in [-0.2, 0) is 5.41 Å². The minimum absolute atomic E-state index is 0.103. The van der Waals surface area contributed by atoms with Gasteiger partial charge in [0.15, 0.2) is 5.78 Å². The van der Waals surface area contributed by atoms with Crippen LogP contribution in [0.5, 0.6) is 0 Å². The van der Waals surface area contributed by atoms with Crippen molar-refractivity contribution in [1.29, 1.82) is 0 Å². The molecule has 2 aromatic heterocycles. The Bertz CT molecular complexity index is 1770. The number of urea groups is 1. The number of piperidine rings is 1. The number of carbonyl (C=O) groups is 2. The maximum atomic E-state index is 14.0. The zero-order valence-electron chi connectivity index (χ0n) is 25.6. The van der Waals surface area contributed by atoms with Gasteiger partial charge >= 0.3 is 6.03 Å². The van der Waals surface area contributed by atoms with Crippen LogP contribution in [0.25, 0.3) is 16.7 Å². The first-order chi connectivity index (χ1) is 21.2. The predicted molar refractivity (Wildman–Crippen MR) is 175 cm³/mol. The highest BCUT2D eigenvalue weighted by Crippen LogP contribution is 2.35. The molecule has 0 radical (unpaired) electrons. The molecule has 1 saturated heterocycles. The van der Waals surface area contributed by atoms with Gasteiger partial charge in [-0.15, -0.1) is 0 Å². The van der Waals surface area contributed by atoms with Gasteiger partial charge in [0.05, 0.1) is 34.7 Å². The van der Waals surface area contributed by atoms with Gasteiger partial charge in [-0.25, -0.2) is 14.5 Å². The molecule has 1 atom stereocenters. The molecule has 6 rings (SSSR count). The number of carbonyl (C=O) groups excluding carboxylic acids is 2. The number of aromatic amines is 1. The Morgan fingerprint density at radius 1 is 0.932 bits per heavy atom. The molecule has 226 valence electrons. The van der Waals surface area contributed by atoms with Crippen molar-refractivity contribution >= 4 is 34.4 Å². The SMILES string of the molecule is Cc1ccc(-n2nc(C(C)(C)C)cc2NC(=O)Nc2ccc(C(C(=O)c3ccc4nc[nH]c4c3)C3CCNCC3)cc2)cc1. The summed E-state index contributed by atoms with van der Waals surface area (Å²) in [5.41, 5.74) is 6.65. The quantitative estimate of drug-likeness (QED) is 0.153. The highest BCUT2D eigenvalue weighted by atomic mass is 16.2. The highest BCUT2D eigenvalue weighted by Gasteiger charge is 2.32. The fraction of sp³-hybridized carbons (Fsp3) is 0.314. The van der Waals surface area contributed by atoms with E-state index in [-0.39, 0.29) is 29.1 Å². The first kappa shape index (κ1) is 29.3. The molecule has 1 fully saturated rings. The summed E-state index contributed by atoms with van der Waals surface area (Å²) in [6, 6.07) is 22.9. The molecule has 44 heavy (non-hydrogen) atoms. The van der Waals surface area contributed by atoms with Crippen LogP contribution in [0.1, 0.15) is 66.7 Å². The van der Waals surface area contributed by atoms with E-state index < -0.39 is 0 Å². The van der Waals surface area contributed by atoms with E-state index in [1.165, 1.54) is 0 Å². The molecule has 9 heteroatoms. The largest absolute Gasteiger partial charge is 0.345 e. The molecule has 1 unspecified atom stereocenters. The zero-order valence-corrected chi connectivity index (χ0v) is 25.6. The van der Waals surface area contributed by atoms with E-state index >= 15 is 0 Å². The van der Waals surface area contributed by atoms with Crippen LogP contribution in [0.15, 0.2) is 79.1 Å². The number of aryl methyl sites for hydroxylation is 1. The van der Waals surface area contributed by atoms with Crippen molar-refractivity contribution in [1.82, 2.24) is 25.1 Å². The fourth-order valence-electron chi connectivity index (χ4n) is 5.86. The van der Waals surface area contributed by atoms with Gasteiger partial charge in [-0.3, -0.25) is 10.1 Å².